The first-order chi connectivity index (χ1) is 10.8. The molecule has 1 amide bonds. The summed E-state index contributed by atoms with van der Waals surface area (Å²) in [6.07, 6.45) is -2.12. The van der Waals surface area contributed by atoms with E-state index in [-0.39, 0.29) is 11.4 Å². The Labute approximate surface area is 131 Å². The zero-order valence-electron chi connectivity index (χ0n) is 12.8. The Morgan fingerprint density at radius 1 is 1.30 bits per heavy atom. The van der Waals surface area contributed by atoms with Crippen LogP contribution in [-0.2, 0) is 13.2 Å². The van der Waals surface area contributed by atoms with Gasteiger partial charge < -0.3 is 14.6 Å². The molecule has 1 heterocycles. The van der Waals surface area contributed by atoms with Gasteiger partial charge in [-0.25, -0.2) is 0 Å². The lowest BCUT2D eigenvalue weighted by atomic mass is 10.1. The van der Waals surface area contributed by atoms with E-state index in [0.29, 0.717) is 18.7 Å². The molecule has 7 heteroatoms. The summed E-state index contributed by atoms with van der Waals surface area (Å²) in [6, 6.07) is 6.29. The number of carbonyl (C=O) groups excluding carboxylic acids is 1. The number of alkyl halides is 3. The van der Waals surface area contributed by atoms with Crippen LogP contribution in [0.4, 0.5) is 18.9 Å². The first-order valence-corrected chi connectivity index (χ1v) is 7.09. The van der Waals surface area contributed by atoms with Gasteiger partial charge in [0.05, 0.1) is 17.9 Å². The molecule has 23 heavy (non-hydrogen) atoms. The Kier molecular flexibility index (Phi) is 4.98. The minimum atomic E-state index is -4.49. The van der Waals surface area contributed by atoms with Gasteiger partial charge in [0.25, 0.3) is 5.91 Å². The fourth-order valence-corrected chi connectivity index (χ4v) is 2.03. The highest BCUT2D eigenvalue weighted by atomic mass is 19.4. The van der Waals surface area contributed by atoms with Gasteiger partial charge in [-0.05, 0) is 36.8 Å². The summed E-state index contributed by atoms with van der Waals surface area (Å²) in [5.41, 5.74) is -0.508. The number of hydrogen-bond donors (Lipinski definition) is 1. The molecule has 124 valence electrons. The van der Waals surface area contributed by atoms with Crippen molar-refractivity contribution in [2.45, 2.75) is 19.5 Å². The van der Waals surface area contributed by atoms with E-state index in [9.17, 15) is 18.0 Å². The number of nitrogens with one attached hydrogen (secondary N) is 1. The standard InChI is InChI=1S/C16H17F3N2O2/c1-3-9-23-14-7-6-11(16(17,18)19)10-12(14)20-15(22)13-5-4-8-21(13)2/h4-8,10H,3,9H2,1-2H3,(H,20,22). The number of aryl methyl sites for hydroxylation is 1. The number of carbonyl (C=O) groups is 1. The molecule has 4 nitrogen and oxygen atoms in total. The normalized spacial score (nSPS) is 11.3. The second kappa shape index (κ2) is 6.76. The van der Waals surface area contributed by atoms with E-state index in [1.54, 1.807) is 29.9 Å². The minimum Gasteiger partial charge on any atom is -0.491 e. The zero-order chi connectivity index (χ0) is 17.0. The van der Waals surface area contributed by atoms with Crippen LogP contribution in [0.1, 0.15) is 29.4 Å². The molecule has 1 aromatic heterocycles. The van der Waals surface area contributed by atoms with Crippen LogP contribution < -0.4 is 10.1 Å². The minimum absolute atomic E-state index is 0.000486. The fraction of sp³-hybridized carbons (Fsp3) is 0.312. The fourth-order valence-electron chi connectivity index (χ4n) is 2.03. The van der Waals surface area contributed by atoms with Crippen molar-refractivity contribution in [1.82, 2.24) is 4.57 Å². The second-order valence-electron chi connectivity index (χ2n) is 5.02. The van der Waals surface area contributed by atoms with Gasteiger partial charge in [0.15, 0.2) is 0 Å². The summed E-state index contributed by atoms with van der Waals surface area (Å²) in [6.45, 7) is 2.23. The van der Waals surface area contributed by atoms with Gasteiger partial charge >= 0.3 is 6.18 Å². The van der Waals surface area contributed by atoms with Gasteiger partial charge in [-0.3, -0.25) is 4.79 Å². The molecular weight excluding hydrogens is 309 g/mol. The highest BCUT2D eigenvalue weighted by Gasteiger charge is 2.31. The molecule has 0 aliphatic heterocycles. The molecule has 0 unspecified atom stereocenters. The molecule has 0 spiro atoms. The molecule has 0 aliphatic carbocycles. The Morgan fingerprint density at radius 2 is 2.04 bits per heavy atom. The van der Waals surface area contributed by atoms with E-state index in [0.717, 1.165) is 12.1 Å². The third-order valence-corrected chi connectivity index (χ3v) is 3.19. The third-order valence-electron chi connectivity index (χ3n) is 3.19. The van der Waals surface area contributed by atoms with Gasteiger partial charge in [0.1, 0.15) is 11.4 Å². The maximum Gasteiger partial charge on any atom is 0.416 e. The molecule has 1 N–H and O–H groups in total. The number of anilines is 1. The lowest BCUT2D eigenvalue weighted by Crippen LogP contribution is -2.17. The molecule has 0 atom stereocenters. The lowest BCUT2D eigenvalue weighted by Gasteiger charge is -2.15. The highest BCUT2D eigenvalue weighted by Crippen LogP contribution is 2.35. The molecule has 0 bridgehead atoms. The summed E-state index contributed by atoms with van der Waals surface area (Å²) in [4.78, 5) is 12.2. The monoisotopic (exact) mass is 326 g/mol. The molecule has 0 saturated carbocycles. The molecular formula is C16H17F3N2O2. The quantitative estimate of drug-likeness (QED) is 0.899. The molecule has 2 aromatic rings. The number of hydrogen-bond acceptors (Lipinski definition) is 2. The molecule has 0 aliphatic rings. The van der Waals surface area contributed by atoms with Crippen LogP contribution in [-0.4, -0.2) is 17.1 Å². The Morgan fingerprint density at radius 3 is 2.61 bits per heavy atom. The van der Waals surface area contributed by atoms with Gasteiger partial charge in [-0.2, -0.15) is 13.2 Å². The predicted octanol–water partition coefficient (Wildman–Crippen LogP) is 4.09. The summed E-state index contributed by atoms with van der Waals surface area (Å²) < 4.78 is 45.6. The van der Waals surface area contributed by atoms with Gasteiger partial charge in [0, 0.05) is 13.2 Å². The lowest BCUT2D eigenvalue weighted by molar-refractivity contribution is -0.137. The predicted molar refractivity (Wildman–Crippen MR) is 80.6 cm³/mol. The molecule has 0 radical (unpaired) electrons. The smallest absolute Gasteiger partial charge is 0.416 e. The maximum absolute atomic E-state index is 12.9. The van der Waals surface area contributed by atoms with Crippen LogP contribution >= 0.6 is 0 Å². The van der Waals surface area contributed by atoms with Gasteiger partial charge in [-0.15, -0.1) is 0 Å². The van der Waals surface area contributed by atoms with Crippen molar-refractivity contribution in [3.05, 3.63) is 47.8 Å². The number of benzene rings is 1. The number of amides is 1. The van der Waals surface area contributed by atoms with Crippen molar-refractivity contribution in [2.24, 2.45) is 7.05 Å². The Balaban J connectivity index is 2.33. The van der Waals surface area contributed by atoms with Crippen molar-refractivity contribution < 1.29 is 22.7 Å². The van der Waals surface area contributed by atoms with Crippen molar-refractivity contribution in [3.8, 4) is 5.75 Å². The van der Waals surface area contributed by atoms with E-state index in [1.165, 1.54) is 6.07 Å². The zero-order valence-corrected chi connectivity index (χ0v) is 12.8. The van der Waals surface area contributed by atoms with Crippen LogP contribution in [0.25, 0.3) is 0 Å². The molecule has 0 fully saturated rings. The first-order valence-electron chi connectivity index (χ1n) is 7.09. The van der Waals surface area contributed by atoms with Crippen molar-refractivity contribution in [2.75, 3.05) is 11.9 Å². The maximum atomic E-state index is 12.9. The van der Waals surface area contributed by atoms with Gasteiger partial charge in [-0.1, -0.05) is 6.92 Å². The van der Waals surface area contributed by atoms with Crippen LogP contribution in [0.15, 0.2) is 36.5 Å². The van der Waals surface area contributed by atoms with E-state index in [1.807, 2.05) is 6.92 Å². The van der Waals surface area contributed by atoms with Crippen molar-refractivity contribution in [1.29, 1.82) is 0 Å². The average molecular weight is 326 g/mol. The number of halogens is 3. The van der Waals surface area contributed by atoms with Crippen LogP contribution in [0.2, 0.25) is 0 Å². The third kappa shape index (κ3) is 4.06. The molecule has 0 saturated heterocycles. The average Bonchev–Trinajstić information content (AvgIpc) is 2.91. The SMILES string of the molecule is CCCOc1ccc(C(F)(F)F)cc1NC(=O)c1cccn1C. The Bertz CT molecular complexity index is 693. The van der Waals surface area contributed by atoms with E-state index >= 15 is 0 Å². The van der Waals surface area contributed by atoms with Crippen molar-refractivity contribution in [3.63, 3.8) is 0 Å². The number of rotatable bonds is 5. The van der Waals surface area contributed by atoms with Crippen LogP contribution in [0, 0.1) is 0 Å². The summed E-state index contributed by atoms with van der Waals surface area (Å²) in [5.74, 6) is -0.291. The largest absolute Gasteiger partial charge is 0.491 e. The molecule has 1 aromatic carbocycles. The van der Waals surface area contributed by atoms with Crippen LogP contribution in [0.3, 0.4) is 0 Å². The van der Waals surface area contributed by atoms with E-state index < -0.39 is 17.6 Å². The Hall–Kier alpha value is -2.44. The van der Waals surface area contributed by atoms with E-state index in [4.69, 9.17) is 4.74 Å². The summed E-state index contributed by atoms with van der Waals surface area (Å²) in [7, 11) is 1.68. The number of ether oxygens (including phenoxy) is 1. The second-order valence-corrected chi connectivity index (χ2v) is 5.02. The topological polar surface area (TPSA) is 43.3 Å². The first kappa shape index (κ1) is 16.9. The number of aromatic nitrogens is 1. The summed E-state index contributed by atoms with van der Waals surface area (Å²) >= 11 is 0. The van der Waals surface area contributed by atoms with E-state index in [2.05, 4.69) is 5.32 Å². The summed E-state index contributed by atoms with van der Waals surface area (Å²) in [5, 5.41) is 2.49. The van der Waals surface area contributed by atoms with Crippen LogP contribution in [0.5, 0.6) is 5.75 Å². The number of nitrogens with zero attached hydrogens (tertiary/aromatic N) is 1. The molecule has 2 rings (SSSR count). The van der Waals surface area contributed by atoms with Gasteiger partial charge in [0.2, 0.25) is 0 Å². The highest BCUT2D eigenvalue weighted by molar-refractivity contribution is 6.04. The van der Waals surface area contributed by atoms with Crippen molar-refractivity contribution >= 4 is 11.6 Å².